The van der Waals surface area contributed by atoms with Gasteiger partial charge in [0.25, 0.3) is 0 Å². The van der Waals surface area contributed by atoms with E-state index in [1.165, 1.54) is 90.4 Å². The molecule has 0 unspecified atom stereocenters. The van der Waals surface area contributed by atoms with Gasteiger partial charge in [-0.15, -0.1) is 0 Å². The third-order valence-electron chi connectivity index (χ3n) is 5.00. The Bertz CT molecular complexity index is 213. The fraction of sp³-hybridized carbons (Fsp3) is 1.00. The first-order valence-corrected chi connectivity index (χ1v) is 8.33. The van der Waals surface area contributed by atoms with E-state index in [2.05, 4.69) is 17.1 Å². The van der Waals surface area contributed by atoms with Crippen molar-refractivity contribution >= 4 is 0 Å². The van der Waals surface area contributed by atoms with Crippen LogP contribution in [-0.2, 0) is 0 Å². The van der Waals surface area contributed by atoms with Gasteiger partial charge in [0.15, 0.2) is 0 Å². The molecule has 106 valence electrons. The van der Waals surface area contributed by atoms with Gasteiger partial charge in [0.2, 0.25) is 0 Å². The molecule has 2 fully saturated rings. The Kier molecular flexibility index (Phi) is 5.97. The van der Waals surface area contributed by atoms with E-state index in [1.54, 1.807) is 0 Å². The maximum atomic E-state index is 3.64. The van der Waals surface area contributed by atoms with Crippen LogP contribution in [-0.4, -0.2) is 36.6 Å². The van der Waals surface area contributed by atoms with Gasteiger partial charge in [-0.1, -0.05) is 51.9 Å². The van der Waals surface area contributed by atoms with Crippen LogP contribution in [0.15, 0.2) is 0 Å². The topological polar surface area (TPSA) is 15.3 Å². The predicted molar refractivity (Wildman–Crippen MR) is 79.0 cm³/mol. The summed E-state index contributed by atoms with van der Waals surface area (Å²) in [5, 5.41) is 3.64. The first-order valence-electron chi connectivity index (χ1n) is 8.33. The lowest BCUT2D eigenvalue weighted by atomic mass is 9.79. The molecule has 0 amide bonds. The van der Waals surface area contributed by atoms with Crippen molar-refractivity contribution in [3.05, 3.63) is 0 Å². The molecule has 0 aromatic heterocycles. The van der Waals surface area contributed by atoms with Crippen LogP contribution in [0.4, 0.5) is 0 Å². The third kappa shape index (κ3) is 3.71. The molecule has 1 spiro atoms. The Morgan fingerprint density at radius 1 is 1.00 bits per heavy atom. The molecule has 0 radical (unpaired) electrons. The minimum absolute atomic E-state index is 0.543. The monoisotopic (exact) mass is 252 g/mol. The minimum atomic E-state index is 0.543. The second-order valence-electron chi connectivity index (χ2n) is 6.36. The zero-order valence-corrected chi connectivity index (χ0v) is 12.3. The molecule has 0 aromatic carbocycles. The normalized spacial score (nSPS) is 24.5. The molecule has 1 N–H and O–H groups in total. The maximum Gasteiger partial charge on any atom is 0.0334 e. The van der Waals surface area contributed by atoms with Crippen LogP contribution in [0.1, 0.15) is 71.1 Å². The summed E-state index contributed by atoms with van der Waals surface area (Å²) in [6, 6.07) is 0. The standard InChI is InChI=1S/C16H32N2/c1-2-3-4-5-9-13-18-14-12-17-15-16(18)10-7-6-8-11-16/h17H,2-15H2,1H3. The van der Waals surface area contributed by atoms with Gasteiger partial charge in [0, 0.05) is 25.2 Å². The Hall–Kier alpha value is -0.0800. The lowest BCUT2D eigenvalue weighted by Gasteiger charge is -2.50. The zero-order valence-electron chi connectivity index (χ0n) is 12.3. The molecule has 1 saturated heterocycles. The first-order chi connectivity index (χ1) is 8.87. The summed E-state index contributed by atoms with van der Waals surface area (Å²) >= 11 is 0. The average molecular weight is 252 g/mol. The van der Waals surface area contributed by atoms with Gasteiger partial charge in [-0.3, -0.25) is 4.90 Å². The molecular formula is C16H32N2. The van der Waals surface area contributed by atoms with E-state index in [-0.39, 0.29) is 0 Å². The fourth-order valence-electron chi connectivity index (χ4n) is 3.84. The fourth-order valence-corrected chi connectivity index (χ4v) is 3.84. The molecule has 2 heteroatoms. The Balaban J connectivity index is 1.76. The molecule has 0 atom stereocenters. The van der Waals surface area contributed by atoms with E-state index < -0.39 is 0 Å². The van der Waals surface area contributed by atoms with Crippen LogP contribution >= 0.6 is 0 Å². The zero-order chi connectivity index (χ0) is 12.7. The van der Waals surface area contributed by atoms with E-state index in [0.717, 1.165) is 0 Å². The summed E-state index contributed by atoms with van der Waals surface area (Å²) in [7, 11) is 0. The van der Waals surface area contributed by atoms with Crippen molar-refractivity contribution < 1.29 is 0 Å². The molecule has 1 heterocycles. The number of rotatable bonds is 6. The molecule has 2 rings (SSSR count). The molecular weight excluding hydrogens is 220 g/mol. The number of nitrogens with zero attached hydrogens (tertiary/aromatic N) is 1. The van der Waals surface area contributed by atoms with Crippen LogP contribution < -0.4 is 5.32 Å². The van der Waals surface area contributed by atoms with Crippen molar-refractivity contribution in [3.8, 4) is 0 Å². The highest BCUT2D eigenvalue weighted by Crippen LogP contribution is 2.34. The summed E-state index contributed by atoms with van der Waals surface area (Å²) in [4.78, 5) is 2.84. The molecule has 0 bridgehead atoms. The van der Waals surface area contributed by atoms with Crippen molar-refractivity contribution in [1.29, 1.82) is 0 Å². The highest BCUT2D eigenvalue weighted by Gasteiger charge is 2.38. The SMILES string of the molecule is CCCCCCCN1CCNCC12CCCCC2. The highest BCUT2D eigenvalue weighted by molar-refractivity contribution is 4.97. The lowest BCUT2D eigenvalue weighted by Crippen LogP contribution is -2.62. The Labute approximate surface area is 114 Å². The van der Waals surface area contributed by atoms with Crippen LogP contribution in [0.5, 0.6) is 0 Å². The number of piperazine rings is 1. The third-order valence-corrected chi connectivity index (χ3v) is 5.00. The van der Waals surface area contributed by atoms with Gasteiger partial charge in [-0.2, -0.15) is 0 Å². The van der Waals surface area contributed by atoms with Crippen molar-refractivity contribution in [2.45, 2.75) is 76.7 Å². The summed E-state index contributed by atoms with van der Waals surface area (Å²) < 4.78 is 0. The summed E-state index contributed by atoms with van der Waals surface area (Å²) in [6.45, 7) is 7.39. The number of hydrogen-bond acceptors (Lipinski definition) is 2. The maximum absolute atomic E-state index is 3.64. The van der Waals surface area contributed by atoms with Crippen molar-refractivity contribution in [1.82, 2.24) is 10.2 Å². The lowest BCUT2D eigenvalue weighted by molar-refractivity contribution is 0.0263. The Morgan fingerprint density at radius 2 is 1.78 bits per heavy atom. The van der Waals surface area contributed by atoms with E-state index in [0.29, 0.717) is 5.54 Å². The number of hydrogen-bond donors (Lipinski definition) is 1. The van der Waals surface area contributed by atoms with E-state index in [4.69, 9.17) is 0 Å². The first kappa shape index (κ1) is 14.3. The summed E-state index contributed by atoms with van der Waals surface area (Å²) in [6.07, 6.45) is 14.3. The van der Waals surface area contributed by atoms with Gasteiger partial charge >= 0.3 is 0 Å². The van der Waals surface area contributed by atoms with Gasteiger partial charge in [-0.05, 0) is 25.8 Å². The van der Waals surface area contributed by atoms with Crippen LogP contribution in [0.25, 0.3) is 0 Å². The van der Waals surface area contributed by atoms with Gasteiger partial charge < -0.3 is 5.32 Å². The van der Waals surface area contributed by atoms with E-state index >= 15 is 0 Å². The highest BCUT2D eigenvalue weighted by atomic mass is 15.3. The average Bonchev–Trinajstić information content (AvgIpc) is 2.42. The van der Waals surface area contributed by atoms with Crippen LogP contribution in [0.3, 0.4) is 0 Å². The molecule has 18 heavy (non-hydrogen) atoms. The van der Waals surface area contributed by atoms with Crippen molar-refractivity contribution in [2.75, 3.05) is 26.2 Å². The Morgan fingerprint density at radius 3 is 2.56 bits per heavy atom. The minimum Gasteiger partial charge on any atom is -0.314 e. The summed E-state index contributed by atoms with van der Waals surface area (Å²) in [5.41, 5.74) is 0.543. The largest absolute Gasteiger partial charge is 0.314 e. The van der Waals surface area contributed by atoms with Gasteiger partial charge in [0.1, 0.15) is 0 Å². The smallest absolute Gasteiger partial charge is 0.0334 e. The predicted octanol–water partition coefficient (Wildman–Crippen LogP) is 3.56. The van der Waals surface area contributed by atoms with Crippen LogP contribution in [0, 0.1) is 0 Å². The second kappa shape index (κ2) is 7.49. The molecule has 2 nitrogen and oxygen atoms in total. The molecule has 0 aromatic rings. The molecule has 1 aliphatic heterocycles. The van der Waals surface area contributed by atoms with E-state index in [9.17, 15) is 0 Å². The van der Waals surface area contributed by atoms with Gasteiger partial charge in [0.05, 0.1) is 0 Å². The van der Waals surface area contributed by atoms with Crippen molar-refractivity contribution in [3.63, 3.8) is 0 Å². The van der Waals surface area contributed by atoms with Gasteiger partial charge in [-0.25, -0.2) is 0 Å². The number of nitrogens with one attached hydrogen (secondary N) is 1. The molecule has 1 aliphatic carbocycles. The van der Waals surface area contributed by atoms with Crippen molar-refractivity contribution in [2.24, 2.45) is 0 Å². The summed E-state index contributed by atoms with van der Waals surface area (Å²) in [5.74, 6) is 0. The second-order valence-corrected chi connectivity index (χ2v) is 6.36. The van der Waals surface area contributed by atoms with E-state index in [1.807, 2.05) is 0 Å². The molecule has 1 saturated carbocycles. The van der Waals surface area contributed by atoms with Crippen LogP contribution in [0.2, 0.25) is 0 Å². The molecule has 2 aliphatic rings. The quantitative estimate of drug-likeness (QED) is 0.727. The number of unbranched alkanes of at least 4 members (excludes halogenated alkanes) is 4.